The van der Waals surface area contributed by atoms with E-state index >= 15 is 0 Å². The van der Waals surface area contributed by atoms with E-state index < -0.39 is 0 Å². The summed E-state index contributed by atoms with van der Waals surface area (Å²) in [6.07, 6.45) is 1.79. The van der Waals surface area contributed by atoms with Gasteiger partial charge in [-0.2, -0.15) is 0 Å². The molecular formula is C21H22FN3O2S. The number of ether oxygens (including phenoxy) is 1. The predicted molar refractivity (Wildman–Crippen MR) is 109 cm³/mol. The van der Waals surface area contributed by atoms with Gasteiger partial charge in [0.1, 0.15) is 11.6 Å². The van der Waals surface area contributed by atoms with Crippen molar-refractivity contribution in [2.75, 3.05) is 25.1 Å². The fraction of sp³-hybridized carbons (Fsp3) is 0.333. The van der Waals surface area contributed by atoms with Crippen LogP contribution < -0.4 is 15.0 Å². The standard InChI is InChI=1S/C21H22FN3O2S/c1-27-17-6-2-4-14(10-17)12-23-20(26)15-5-3-9-25(13-15)21-24-18-8-7-16(22)11-19(18)28-21/h2,4,6-8,10-11,15H,3,5,9,12-13H2,1H3,(H,23,26). The number of methoxy groups -OCH3 is 1. The number of nitrogens with zero attached hydrogens (tertiary/aromatic N) is 2. The summed E-state index contributed by atoms with van der Waals surface area (Å²) in [6.45, 7) is 1.97. The Balaban J connectivity index is 1.40. The maximum Gasteiger partial charge on any atom is 0.225 e. The molecule has 0 aliphatic carbocycles. The zero-order valence-corrected chi connectivity index (χ0v) is 16.5. The first kappa shape index (κ1) is 18.7. The summed E-state index contributed by atoms with van der Waals surface area (Å²) < 4.78 is 19.5. The van der Waals surface area contributed by atoms with Crippen molar-refractivity contribution in [3.05, 3.63) is 53.8 Å². The molecule has 1 aromatic heterocycles. The van der Waals surface area contributed by atoms with E-state index in [0.29, 0.717) is 13.1 Å². The molecule has 2 aromatic carbocycles. The minimum absolute atomic E-state index is 0.0553. The number of halogens is 1. The van der Waals surface area contributed by atoms with Gasteiger partial charge in [-0.1, -0.05) is 23.5 Å². The molecule has 1 unspecified atom stereocenters. The van der Waals surface area contributed by atoms with Crippen molar-refractivity contribution < 1.29 is 13.9 Å². The highest BCUT2D eigenvalue weighted by molar-refractivity contribution is 7.22. The fourth-order valence-corrected chi connectivity index (χ4v) is 4.53. The van der Waals surface area contributed by atoms with E-state index in [1.165, 1.54) is 23.5 Å². The van der Waals surface area contributed by atoms with Crippen molar-refractivity contribution in [3.8, 4) is 5.75 Å². The highest BCUT2D eigenvalue weighted by atomic mass is 32.1. The summed E-state index contributed by atoms with van der Waals surface area (Å²) in [5.41, 5.74) is 1.81. The molecule has 5 nitrogen and oxygen atoms in total. The summed E-state index contributed by atoms with van der Waals surface area (Å²) >= 11 is 1.48. The summed E-state index contributed by atoms with van der Waals surface area (Å²) in [5.74, 6) is 0.502. The van der Waals surface area contributed by atoms with Gasteiger partial charge in [0.2, 0.25) is 5.91 Å². The highest BCUT2D eigenvalue weighted by Gasteiger charge is 2.27. The van der Waals surface area contributed by atoms with Gasteiger partial charge < -0.3 is 15.0 Å². The largest absolute Gasteiger partial charge is 0.497 e. The normalized spacial score (nSPS) is 16.9. The Labute approximate surface area is 167 Å². The van der Waals surface area contributed by atoms with Gasteiger partial charge in [0.25, 0.3) is 0 Å². The molecule has 1 atom stereocenters. The minimum atomic E-state index is -0.254. The van der Waals surface area contributed by atoms with Gasteiger partial charge >= 0.3 is 0 Å². The zero-order chi connectivity index (χ0) is 19.5. The number of amides is 1. The number of nitrogens with one attached hydrogen (secondary N) is 1. The first-order chi connectivity index (χ1) is 13.6. The Hall–Kier alpha value is -2.67. The number of piperidine rings is 1. The number of aromatic nitrogens is 1. The zero-order valence-electron chi connectivity index (χ0n) is 15.7. The first-order valence-corrected chi connectivity index (χ1v) is 10.2. The molecule has 28 heavy (non-hydrogen) atoms. The van der Waals surface area contributed by atoms with Crippen molar-refractivity contribution in [1.29, 1.82) is 0 Å². The van der Waals surface area contributed by atoms with E-state index in [4.69, 9.17) is 4.74 Å². The van der Waals surface area contributed by atoms with Gasteiger partial charge in [-0.15, -0.1) is 0 Å². The Morgan fingerprint density at radius 3 is 3.11 bits per heavy atom. The summed E-state index contributed by atoms with van der Waals surface area (Å²) in [6, 6.07) is 12.3. The maximum atomic E-state index is 13.4. The Bertz CT molecular complexity index is 991. The monoisotopic (exact) mass is 399 g/mol. The number of carbonyl (C=O) groups excluding carboxylic acids is 1. The lowest BCUT2D eigenvalue weighted by Crippen LogP contribution is -2.42. The van der Waals surface area contributed by atoms with E-state index in [-0.39, 0.29) is 17.6 Å². The third-order valence-electron chi connectivity index (χ3n) is 5.00. The molecule has 2 heterocycles. The molecule has 3 aromatic rings. The van der Waals surface area contributed by atoms with Crippen LogP contribution in [0.25, 0.3) is 10.2 Å². The quantitative estimate of drug-likeness (QED) is 0.705. The second-order valence-corrected chi connectivity index (χ2v) is 7.97. The molecular weight excluding hydrogens is 377 g/mol. The third kappa shape index (κ3) is 4.09. The predicted octanol–water partition coefficient (Wildman–Crippen LogP) is 3.98. The smallest absolute Gasteiger partial charge is 0.225 e. The Morgan fingerprint density at radius 2 is 2.25 bits per heavy atom. The molecule has 4 rings (SSSR count). The van der Waals surface area contributed by atoms with E-state index in [2.05, 4.69) is 15.2 Å². The highest BCUT2D eigenvalue weighted by Crippen LogP contribution is 2.32. The number of fused-ring (bicyclic) bond motifs is 1. The lowest BCUT2D eigenvalue weighted by atomic mass is 9.97. The molecule has 1 N–H and O–H groups in total. The fourth-order valence-electron chi connectivity index (χ4n) is 3.50. The molecule has 0 radical (unpaired) electrons. The van der Waals surface area contributed by atoms with Gasteiger partial charge in [-0.3, -0.25) is 4.79 Å². The minimum Gasteiger partial charge on any atom is -0.497 e. The van der Waals surface area contributed by atoms with E-state index in [0.717, 1.165) is 46.0 Å². The number of carbonyl (C=O) groups is 1. The van der Waals surface area contributed by atoms with Crippen molar-refractivity contribution >= 4 is 32.6 Å². The number of hydrogen-bond acceptors (Lipinski definition) is 5. The van der Waals surface area contributed by atoms with Crippen molar-refractivity contribution in [2.45, 2.75) is 19.4 Å². The van der Waals surface area contributed by atoms with Crippen molar-refractivity contribution in [3.63, 3.8) is 0 Å². The Morgan fingerprint density at radius 1 is 1.36 bits per heavy atom. The van der Waals surface area contributed by atoms with Crippen LogP contribution in [-0.4, -0.2) is 31.1 Å². The maximum absolute atomic E-state index is 13.4. The van der Waals surface area contributed by atoms with Crippen LogP contribution in [0.1, 0.15) is 18.4 Å². The van der Waals surface area contributed by atoms with E-state index in [1.807, 2.05) is 24.3 Å². The summed E-state index contributed by atoms with van der Waals surface area (Å²) in [5, 5.41) is 3.89. The van der Waals surface area contributed by atoms with Crippen LogP contribution in [0.4, 0.5) is 9.52 Å². The number of thiazole rings is 1. The second kappa shape index (κ2) is 8.14. The first-order valence-electron chi connectivity index (χ1n) is 9.34. The molecule has 1 aliphatic rings. The number of anilines is 1. The topological polar surface area (TPSA) is 54.5 Å². The molecule has 7 heteroatoms. The van der Waals surface area contributed by atoms with Crippen LogP contribution in [0.2, 0.25) is 0 Å². The second-order valence-electron chi connectivity index (χ2n) is 6.96. The summed E-state index contributed by atoms with van der Waals surface area (Å²) in [4.78, 5) is 19.4. The number of rotatable bonds is 5. The molecule has 146 valence electrons. The van der Waals surface area contributed by atoms with Crippen molar-refractivity contribution in [1.82, 2.24) is 10.3 Å². The van der Waals surface area contributed by atoms with E-state index in [9.17, 15) is 9.18 Å². The molecule has 0 bridgehead atoms. The average Bonchev–Trinajstić information content (AvgIpc) is 3.15. The lowest BCUT2D eigenvalue weighted by Gasteiger charge is -2.31. The Kier molecular flexibility index (Phi) is 5.43. The van der Waals surface area contributed by atoms with Crippen LogP contribution in [-0.2, 0) is 11.3 Å². The SMILES string of the molecule is COc1cccc(CNC(=O)C2CCCN(c3nc4ccc(F)cc4s3)C2)c1. The molecule has 0 saturated carbocycles. The average molecular weight is 399 g/mol. The number of hydrogen-bond donors (Lipinski definition) is 1. The summed E-state index contributed by atoms with van der Waals surface area (Å²) in [7, 11) is 1.63. The van der Waals surface area contributed by atoms with Crippen LogP contribution in [0.15, 0.2) is 42.5 Å². The van der Waals surface area contributed by atoms with Gasteiger partial charge in [0.05, 0.1) is 23.2 Å². The van der Waals surface area contributed by atoms with Crippen LogP contribution in [0.5, 0.6) is 5.75 Å². The van der Waals surface area contributed by atoms with Crippen LogP contribution >= 0.6 is 11.3 Å². The molecule has 1 aliphatic heterocycles. The third-order valence-corrected chi connectivity index (χ3v) is 6.08. The van der Waals surface area contributed by atoms with Crippen LogP contribution in [0.3, 0.4) is 0 Å². The van der Waals surface area contributed by atoms with E-state index in [1.54, 1.807) is 13.2 Å². The van der Waals surface area contributed by atoms with Crippen molar-refractivity contribution in [2.24, 2.45) is 5.92 Å². The van der Waals surface area contributed by atoms with Gasteiger partial charge in [0, 0.05) is 19.6 Å². The molecule has 0 spiro atoms. The number of benzene rings is 2. The lowest BCUT2D eigenvalue weighted by molar-refractivity contribution is -0.125. The van der Waals surface area contributed by atoms with Gasteiger partial charge in [0.15, 0.2) is 5.13 Å². The van der Waals surface area contributed by atoms with Gasteiger partial charge in [-0.25, -0.2) is 9.37 Å². The molecule has 1 saturated heterocycles. The molecule has 1 amide bonds. The van der Waals surface area contributed by atoms with Crippen LogP contribution in [0, 0.1) is 11.7 Å². The molecule has 1 fully saturated rings. The van der Waals surface area contributed by atoms with Gasteiger partial charge in [-0.05, 0) is 48.7 Å².